The van der Waals surface area contributed by atoms with Gasteiger partial charge in [-0.1, -0.05) is 23.7 Å². The monoisotopic (exact) mass is 247 g/mol. The molecule has 0 aliphatic heterocycles. The van der Waals surface area contributed by atoms with Crippen LogP contribution in [0.4, 0.5) is 0 Å². The van der Waals surface area contributed by atoms with E-state index < -0.39 is 6.04 Å². The van der Waals surface area contributed by atoms with E-state index in [0.717, 1.165) is 5.39 Å². The van der Waals surface area contributed by atoms with E-state index in [1.54, 1.807) is 18.2 Å². The molecule has 1 aromatic heterocycles. The number of hydrogen-bond donors (Lipinski definition) is 1. The predicted molar refractivity (Wildman–Crippen MR) is 67.0 cm³/mol. The molecule has 17 heavy (non-hydrogen) atoms. The number of nitrogens with two attached hydrogens (primary N) is 1. The van der Waals surface area contributed by atoms with E-state index in [2.05, 4.69) is 5.92 Å². The summed E-state index contributed by atoms with van der Waals surface area (Å²) in [5.74, 6) is 2.23. The summed E-state index contributed by atoms with van der Waals surface area (Å²) in [5.41, 5.74) is 6.13. The van der Waals surface area contributed by atoms with Crippen molar-refractivity contribution < 1.29 is 9.21 Å². The van der Waals surface area contributed by atoms with Crippen LogP contribution in [0.5, 0.6) is 0 Å². The average molecular weight is 248 g/mol. The van der Waals surface area contributed by atoms with Gasteiger partial charge in [0, 0.05) is 11.8 Å². The van der Waals surface area contributed by atoms with Gasteiger partial charge in [-0.3, -0.25) is 4.79 Å². The van der Waals surface area contributed by atoms with Crippen molar-refractivity contribution in [3.63, 3.8) is 0 Å². The molecule has 0 saturated heterocycles. The van der Waals surface area contributed by atoms with Crippen LogP contribution in [0.15, 0.2) is 28.7 Å². The maximum absolute atomic E-state index is 11.9. The number of halogens is 1. The number of carbonyl (C=O) groups excluding carboxylic acids is 1. The zero-order valence-electron chi connectivity index (χ0n) is 8.94. The largest absolute Gasteiger partial charge is 0.451 e. The fourth-order valence-electron chi connectivity index (χ4n) is 1.55. The van der Waals surface area contributed by atoms with E-state index in [4.69, 9.17) is 28.2 Å². The van der Waals surface area contributed by atoms with Gasteiger partial charge in [0.25, 0.3) is 0 Å². The molecule has 86 valence electrons. The number of para-hydroxylation sites is 1. The van der Waals surface area contributed by atoms with Crippen LogP contribution in [0.1, 0.15) is 17.0 Å². The summed E-state index contributed by atoms with van der Waals surface area (Å²) in [4.78, 5) is 11.9. The smallest absolute Gasteiger partial charge is 0.215 e. The van der Waals surface area contributed by atoms with Crippen molar-refractivity contribution in [1.29, 1.82) is 0 Å². The van der Waals surface area contributed by atoms with Crippen LogP contribution in [-0.2, 0) is 0 Å². The normalized spacial score (nSPS) is 12.3. The Morgan fingerprint density at radius 3 is 3.00 bits per heavy atom. The molecule has 4 heteroatoms. The molecule has 3 nitrogen and oxygen atoms in total. The first-order chi connectivity index (χ1) is 8.13. The summed E-state index contributed by atoms with van der Waals surface area (Å²) in [6.45, 7) is 0. The highest BCUT2D eigenvalue weighted by atomic mass is 35.5. The van der Waals surface area contributed by atoms with Crippen LogP contribution in [0.2, 0.25) is 5.02 Å². The maximum atomic E-state index is 11.9. The lowest BCUT2D eigenvalue weighted by Gasteiger charge is -2.02. The fraction of sp³-hybridized carbons (Fsp3) is 0.154. The first kappa shape index (κ1) is 11.7. The molecular formula is C13H10ClNO2. The molecule has 2 rings (SSSR count). The molecule has 0 radical (unpaired) electrons. The van der Waals surface area contributed by atoms with Crippen molar-refractivity contribution in [3.8, 4) is 12.3 Å². The van der Waals surface area contributed by atoms with Crippen molar-refractivity contribution >= 4 is 28.4 Å². The SMILES string of the molecule is C#CCC(N)C(=O)c1cc2cccc(Cl)c2o1. The Balaban J connectivity index is 2.41. The molecule has 0 amide bonds. The highest BCUT2D eigenvalue weighted by molar-refractivity contribution is 6.34. The van der Waals surface area contributed by atoms with Crippen molar-refractivity contribution in [2.45, 2.75) is 12.5 Å². The zero-order valence-corrected chi connectivity index (χ0v) is 9.70. The molecule has 1 aromatic carbocycles. The van der Waals surface area contributed by atoms with E-state index in [1.807, 2.05) is 6.07 Å². The van der Waals surface area contributed by atoms with Crippen LogP contribution in [0, 0.1) is 12.3 Å². The van der Waals surface area contributed by atoms with E-state index >= 15 is 0 Å². The first-order valence-electron chi connectivity index (χ1n) is 5.05. The molecular weight excluding hydrogens is 238 g/mol. The predicted octanol–water partition coefficient (Wildman–Crippen LogP) is 2.62. The Morgan fingerprint density at radius 1 is 1.59 bits per heavy atom. The van der Waals surface area contributed by atoms with Crippen LogP contribution >= 0.6 is 11.6 Å². The van der Waals surface area contributed by atoms with Crippen LogP contribution < -0.4 is 5.73 Å². The van der Waals surface area contributed by atoms with Crippen LogP contribution in [0.25, 0.3) is 11.0 Å². The number of fused-ring (bicyclic) bond motifs is 1. The Kier molecular flexibility index (Phi) is 3.19. The molecule has 0 aliphatic rings. The highest BCUT2D eigenvalue weighted by Gasteiger charge is 2.19. The summed E-state index contributed by atoms with van der Waals surface area (Å²) in [7, 11) is 0. The molecule has 0 bridgehead atoms. The third kappa shape index (κ3) is 2.19. The van der Waals surface area contributed by atoms with Crippen molar-refractivity contribution in [2.24, 2.45) is 5.73 Å². The molecule has 0 fully saturated rings. The van der Waals surface area contributed by atoms with E-state index in [-0.39, 0.29) is 18.0 Å². The van der Waals surface area contributed by atoms with Gasteiger partial charge in [0.2, 0.25) is 5.78 Å². The lowest BCUT2D eigenvalue weighted by molar-refractivity contribution is 0.0938. The third-order valence-electron chi connectivity index (χ3n) is 2.41. The van der Waals surface area contributed by atoms with Gasteiger partial charge in [-0.25, -0.2) is 0 Å². The quantitative estimate of drug-likeness (QED) is 0.670. The van der Waals surface area contributed by atoms with Crippen molar-refractivity contribution in [3.05, 3.63) is 35.0 Å². The van der Waals surface area contributed by atoms with Crippen molar-refractivity contribution in [2.75, 3.05) is 0 Å². The summed E-state index contributed by atoms with van der Waals surface area (Å²) in [6, 6.07) is 6.19. The molecule has 1 unspecified atom stereocenters. The molecule has 1 atom stereocenters. The zero-order chi connectivity index (χ0) is 12.4. The van der Waals surface area contributed by atoms with Gasteiger partial charge < -0.3 is 10.2 Å². The number of Topliss-reactive ketones (excluding diaryl/α,β-unsaturated/α-hetero) is 1. The number of rotatable bonds is 3. The standard InChI is InChI=1S/C13H10ClNO2/c1-2-4-10(15)12(16)11-7-8-5-3-6-9(14)13(8)17-11/h1,3,5-7,10H,4,15H2. The topological polar surface area (TPSA) is 56.2 Å². The maximum Gasteiger partial charge on any atom is 0.215 e. The Bertz CT molecular complexity index is 609. The van der Waals surface area contributed by atoms with E-state index in [9.17, 15) is 4.79 Å². The first-order valence-corrected chi connectivity index (χ1v) is 5.42. The summed E-state index contributed by atoms with van der Waals surface area (Å²) in [5, 5.41) is 1.24. The Morgan fingerprint density at radius 2 is 2.35 bits per heavy atom. The fourth-order valence-corrected chi connectivity index (χ4v) is 1.77. The summed E-state index contributed by atoms with van der Waals surface area (Å²) < 4.78 is 5.40. The highest BCUT2D eigenvalue weighted by Crippen LogP contribution is 2.27. The Labute approximate surface area is 104 Å². The third-order valence-corrected chi connectivity index (χ3v) is 2.71. The second-order valence-corrected chi connectivity index (χ2v) is 4.06. The lowest BCUT2D eigenvalue weighted by atomic mass is 10.1. The summed E-state index contributed by atoms with van der Waals surface area (Å²) >= 11 is 5.95. The van der Waals surface area contributed by atoms with Crippen LogP contribution in [0.3, 0.4) is 0 Å². The van der Waals surface area contributed by atoms with Gasteiger partial charge >= 0.3 is 0 Å². The lowest BCUT2D eigenvalue weighted by Crippen LogP contribution is -2.29. The molecule has 2 N–H and O–H groups in total. The van der Waals surface area contributed by atoms with Gasteiger partial charge in [-0.15, -0.1) is 12.3 Å². The summed E-state index contributed by atoms with van der Waals surface area (Å²) in [6.07, 6.45) is 5.29. The Hall–Kier alpha value is -1.76. The molecule has 0 saturated carbocycles. The number of benzene rings is 1. The molecule has 0 aliphatic carbocycles. The van der Waals surface area contributed by atoms with Crippen molar-refractivity contribution in [1.82, 2.24) is 0 Å². The minimum absolute atomic E-state index is 0.184. The number of terminal acetylenes is 1. The van der Waals surface area contributed by atoms with Gasteiger partial charge in [0.1, 0.15) is 0 Å². The number of carbonyl (C=O) groups is 1. The molecule has 0 spiro atoms. The van der Waals surface area contributed by atoms with Gasteiger partial charge in [-0.05, 0) is 12.1 Å². The number of furan rings is 1. The minimum Gasteiger partial charge on any atom is -0.451 e. The van der Waals surface area contributed by atoms with E-state index in [0.29, 0.717) is 10.6 Å². The average Bonchev–Trinajstić information content (AvgIpc) is 2.73. The van der Waals surface area contributed by atoms with Gasteiger partial charge in [-0.2, -0.15) is 0 Å². The second-order valence-electron chi connectivity index (χ2n) is 3.65. The van der Waals surface area contributed by atoms with Gasteiger partial charge in [0.05, 0.1) is 11.1 Å². The van der Waals surface area contributed by atoms with E-state index in [1.165, 1.54) is 0 Å². The number of hydrogen-bond acceptors (Lipinski definition) is 3. The molecule has 2 aromatic rings. The molecule has 1 heterocycles. The second kappa shape index (κ2) is 4.62. The number of ketones is 1. The van der Waals surface area contributed by atoms with Crippen LogP contribution in [-0.4, -0.2) is 11.8 Å². The minimum atomic E-state index is -0.737. The van der Waals surface area contributed by atoms with Gasteiger partial charge in [0.15, 0.2) is 11.3 Å².